The first kappa shape index (κ1) is 12.0. The molecule has 0 saturated carbocycles. The number of fused-ring (bicyclic) bond motifs is 1. The summed E-state index contributed by atoms with van der Waals surface area (Å²) in [7, 11) is 0. The van der Waals surface area contributed by atoms with Gasteiger partial charge in [-0.25, -0.2) is 9.97 Å². The third kappa shape index (κ3) is 2.55. The quantitative estimate of drug-likeness (QED) is 0.770. The van der Waals surface area contributed by atoms with E-state index in [9.17, 15) is 0 Å². The van der Waals surface area contributed by atoms with E-state index >= 15 is 0 Å². The maximum absolute atomic E-state index is 4.55. The number of anilines is 1. The molecule has 0 aliphatic heterocycles. The zero-order valence-corrected chi connectivity index (χ0v) is 11.4. The van der Waals surface area contributed by atoms with Gasteiger partial charge in [-0.05, 0) is 11.4 Å². The highest BCUT2D eigenvalue weighted by molar-refractivity contribution is 7.16. The van der Waals surface area contributed by atoms with Crippen molar-refractivity contribution in [3.63, 3.8) is 0 Å². The van der Waals surface area contributed by atoms with Gasteiger partial charge in [0.05, 0.1) is 18.1 Å². The van der Waals surface area contributed by atoms with Crippen molar-refractivity contribution in [2.75, 3.05) is 11.9 Å². The Morgan fingerprint density at radius 2 is 2.32 bits per heavy atom. The van der Waals surface area contributed by atoms with Crippen molar-refractivity contribution < 1.29 is 0 Å². The van der Waals surface area contributed by atoms with E-state index in [1.54, 1.807) is 22.2 Å². The van der Waals surface area contributed by atoms with Gasteiger partial charge >= 0.3 is 0 Å². The molecule has 19 heavy (non-hydrogen) atoms. The molecule has 0 radical (unpaired) electrons. The van der Waals surface area contributed by atoms with E-state index < -0.39 is 0 Å². The number of rotatable bonds is 5. The summed E-state index contributed by atoms with van der Waals surface area (Å²) in [5.74, 6) is 1.78. The minimum Gasteiger partial charge on any atom is -0.368 e. The monoisotopic (exact) mass is 274 g/mol. The van der Waals surface area contributed by atoms with Gasteiger partial charge in [0.15, 0.2) is 0 Å². The number of thiophene rings is 1. The Bertz CT molecular complexity index is 660. The summed E-state index contributed by atoms with van der Waals surface area (Å²) < 4.78 is 1.79. The van der Waals surface area contributed by atoms with Crippen LogP contribution in [0, 0.1) is 0 Å². The first-order valence-electron chi connectivity index (χ1n) is 6.19. The van der Waals surface area contributed by atoms with Gasteiger partial charge in [-0.1, -0.05) is 12.1 Å². The number of aryl methyl sites for hydroxylation is 1. The number of hydrogen-bond donors (Lipinski definition) is 1. The Morgan fingerprint density at radius 3 is 3.11 bits per heavy atom. The Kier molecular flexibility index (Phi) is 3.37. The van der Waals surface area contributed by atoms with Gasteiger partial charge in [-0.15, -0.1) is 16.4 Å². The van der Waals surface area contributed by atoms with Crippen LogP contribution in [-0.4, -0.2) is 31.5 Å². The second-order valence-corrected chi connectivity index (χ2v) is 4.97. The molecule has 98 valence electrons. The van der Waals surface area contributed by atoms with Crippen LogP contribution < -0.4 is 5.32 Å². The third-order valence-electron chi connectivity index (χ3n) is 2.79. The highest BCUT2D eigenvalue weighted by Crippen LogP contribution is 2.25. The summed E-state index contributed by atoms with van der Waals surface area (Å²) in [6.07, 6.45) is 4.36. The van der Waals surface area contributed by atoms with Crippen molar-refractivity contribution in [3.05, 3.63) is 29.7 Å². The molecule has 7 heteroatoms. The minimum atomic E-state index is 0.758. The lowest BCUT2D eigenvalue weighted by Gasteiger charge is -2.08. The average Bonchev–Trinajstić information content (AvgIpc) is 3.08. The Hall–Kier alpha value is -2.02. The maximum atomic E-state index is 4.55. The van der Waals surface area contributed by atoms with Crippen LogP contribution in [0.15, 0.2) is 23.8 Å². The van der Waals surface area contributed by atoms with Crippen molar-refractivity contribution in [2.45, 2.75) is 19.9 Å². The fourth-order valence-corrected chi connectivity index (χ4v) is 2.62. The summed E-state index contributed by atoms with van der Waals surface area (Å²) in [6.45, 7) is 3.58. The number of nitrogens with one attached hydrogen (secondary N) is 1. The normalized spacial score (nSPS) is 11.0. The van der Waals surface area contributed by atoms with Crippen molar-refractivity contribution in [2.24, 2.45) is 0 Å². The molecular weight excluding hydrogens is 260 g/mol. The summed E-state index contributed by atoms with van der Waals surface area (Å²) >= 11 is 1.64. The van der Waals surface area contributed by atoms with Crippen LogP contribution in [0.2, 0.25) is 0 Å². The number of hydrogen-bond acceptors (Lipinski definition) is 6. The molecule has 0 atom stereocenters. The van der Waals surface area contributed by atoms with Crippen LogP contribution in [0.4, 0.5) is 5.82 Å². The second kappa shape index (κ2) is 5.31. The first-order chi connectivity index (χ1) is 9.36. The lowest BCUT2D eigenvalue weighted by Crippen LogP contribution is -2.12. The molecule has 0 fully saturated rings. The molecule has 0 aromatic carbocycles. The zero-order chi connectivity index (χ0) is 13.1. The fraction of sp³-hybridized carbons (Fsp3) is 0.333. The van der Waals surface area contributed by atoms with Crippen LogP contribution in [0.5, 0.6) is 0 Å². The second-order valence-electron chi connectivity index (χ2n) is 4.07. The van der Waals surface area contributed by atoms with E-state index in [1.165, 1.54) is 0 Å². The smallest absolute Gasteiger partial charge is 0.138 e. The minimum absolute atomic E-state index is 0.758. The highest BCUT2D eigenvalue weighted by Gasteiger charge is 2.07. The van der Waals surface area contributed by atoms with Crippen LogP contribution in [0.25, 0.3) is 10.2 Å². The molecule has 3 heterocycles. The molecule has 6 nitrogen and oxygen atoms in total. The Morgan fingerprint density at radius 1 is 1.37 bits per heavy atom. The molecule has 1 N–H and O–H groups in total. The number of nitrogens with zero attached hydrogens (tertiary/aromatic N) is 5. The molecule has 3 aromatic heterocycles. The van der Waals surface area contributed by atoms with Gasteiger partial charge < -0.3 is 5.32 Å². The van der Waals surface area contributed by atoms with Gasteiger partial charge in [-0.3, -0.25) is 4.68 Å². The fourth-order valence-electron chi connectivity index (χ4n) is 1.83. The van der Waals surface area contributed by atoms with Crippen molar-refractivity contribution in [1.29, 1.82) is 0 Å². The van der Waals surface area contributed by atoms with E-state index in [2.05, 4.69) is 38.6 Å². The highest BCUT2D eigenvalue weighted by atomic mass is 32.1. The van der Waals surface area contributed by atoms with Crippen molar-refractivity contribution >= 4 is 27.4 Å². The zero-order valence-electron chi connectivity index (χ0n) is 10.6. The summed E-state index contributed by atoms with van der Waals surface area (Å²) in [5, 5.41) is 14.2. The van der Waals surface area contributed by atoms with Crippen LogP contribution in [0.3, 0.4) is 0 Å². The average molecular weight is 274 g/mol. The molecule has 0 amide bonds. The Balaban J connectivity index is 1.77. The van der Waals surface area contributed by atoms with Crippen LogP contribution in [-0.2, 0) is 13.0 Å². The first-order valence-corrected chi connectivity index (χ1v) is 7.07. The summed E-state index contributed by atoms with van der Waals surface area (Å²) in [4.78, 5) is 10.1. The largest absolute Gasteiger partial charge is 0.368 e. The molecular formula is C12H14N6S. The summed E-state index contributed by atoms with van der Waals surface area (Å²) in [6, 6.07) is 2.05. The molecule has 0 unspecified atom stereocenters. The SMILES string of the molecule is CCc1nc(NCCn2ccnn2)c2ccsc2n1. The molecule has 0 aliphatic carbocycles. The van der Waals surface area contributed by atoms with E-state index in [0.717, 1.165) is 41.4 Å². The van der Waals surface area contributed by atoms with Crippen molar-refractivity contribution in [1.82, 2.24) is 25.0 Å². The lowest BCUT2D eigenvalue weighted by atomic mass is 10.3. The van der Waals surface area contributed by atoms with Crippen molar-refractivity contribution in [3.8, 4) is 0 Å². The van der Waals surface area contributed by atoms with Crippen LogP contribution in [0.1, 0.15) is 12.7 Å². The van der Waals surface area contributed by atoms with Gasteiger partial charge in [0.2, 0.25) is 0 Å². The van der Waals surface area contributed by atoms with E-state index in [-0.39, 0.29) is 0 Å². The standard InChI is InChI=1S/C12H14N6S/c1-2-10-15-11(9-3-8-19-12(9)16-10)13-4-6-18-7-5-14-17-18/h3,5,7-8H,2,4,6H2,1H3,(H,13,15,16). The van der Waals surface area contributed by atoms with Gasteiger partial charge in [-0.2, -0.15) is 0 Å². The van der Waals surface area contributed by atoms with Gasteiger partial charge in [0, 0.05) is 19.2 Å². The topological polar surface area (TPSA) is 68.5 Å². The van der Waals surface area contributed by atoms with Gasteiger partial charge in [0.1, 0.15) is 16.5 Å². The molecule has 3 rings (SSSR count). The molecule has 0 bridgehead atoms. The van der Waals surface area contributed by atoms with E-state index in [0.29, 0.717) is 0 Å². The lowest BCUT2D eigenvalue weighted by molar-refractivity contribution is 0.608. The number of aromatic nitrogens is 5. The molecule has 0 spiro atoms. The predicted octanol–water partition coefficient (Wildman–Crippen LogP) is 1.96. The Labute approximate surface area is 114 Å². The maximum Gasteiger partial charge on any atom is 0.138 e. The van der Waals surface area contributed by atoms with E-state index in [4.69, 9.17) is 0 Å². The van der Waals surface area contributed by atoms with Crippen LogP contribution >= 0.6 is 11.3 Å². The molecule has 0 aliphatic rings. The molecule has 3 aromatic rings. The van der Waals surface area contributed by atoms with E-state index in [1.807, 2.05) is 11.6 Å². The van der Waals surface area contributed by atoms with Gasteiger partial charge in [0.25, 0.3) is 0 Å². The summed E-state index contributed by atoms with van der Waals surface area (Å²) in [5.41, 5.74) is 0. The third-order valence-corrected chi connectivity index (χ3v) is 3.60. The molecule has 0 saturated heterocycles. The predicted molar refractivity (Wildman–Crippen MR) is 75.3 cm³/mol.